The Kier molecular flexibility index (Phi) is 5.16. The Morgan fingerprint density at radius 2 is 1.95 bits per heavy atom. The zero-order chi connectivity index (χ0) is 15.2. The number of nitrogens with zero attached hydrogens (tertiary/aromatic N) is 2. The molecule has 0 aliphatic rings. The molecule has 2 aromatic rings. The SMILES string of the molecule is Cc1sc(C=C(C#N)C#N)cc1COc1ccc(Br)cc1. The van der Waals surface area contributed by atoms with Crippen molar-refractivity contribution >= 4 is 33.3 Å². The molecule has 0 N–H and O–H groups in total. The van der Waals surface area contributed by atoms with Crippen LogP contribution in [0.5, 0.6) is 5.75 Å². The van der Waals surface area contributed by atoms with Crippen molar-refractivity contribution in [2.45, 2.75) is 13.5 Å². The fourth-order valence-corrected chi connectivity index (χ4v) is 2.93. The Morgan fingerprint density at radius 3 is 2.57 bits per heavy atom. The molecule has 5 heteroatoms. The van der Waals surface area contributed by atoms with Gasteiger partial charge in [-0.1, -0.05) is 15.9 Å². The third kappa shape index (κ3) is 4.19. The van der Waals surface area contributed by atoms with Gasteiger partial charge < -0.3 is 4.74 Å². The lowest BCUT2D eigenvalue weighted by Gasteiger charge is -2.05. The molecular weight excluding hydrogens is 348 g/mol. The smallest absolute Gasteiger partial charge is 0.131 e. The normalized spacial score (nSPS) is 9.52. The summed E-state index contributed by atoms with van der Waals surface area (Å²) in [7, 11) is 0. The largest absolute Gasteiger partial charge is 0.489 e. The van der Waals surface area contributed by atoms with Gasteiger partial charge in [-0.15, -0.1) is 11.3 Å². The lowest BCUT2D eigenvalue weighted by Crippen LogP contribution is -1.94. The van der Waals surface area contributed by atoms with Crippen molar-refractivity contribution in [3.05, 3.63) is 55.7 Å². The second kappa shape index (κ2) is 7.08. The summed E-state index contributed by atoms with van der Waals surface area (Å²) in [5.41, 5.74) is 1.17. The first-order valence-corrected chi connectivity index (χ1v) is 7.73. The summed E-state index contributed by atoms with van der Waals surface area (Å²) in [6.07, 6.45) is 1.60. The van der Waals surface area contributed by atoms with Gasteiger partial charge in [-0.3, -0.25) is 0 Å². The molecule has 0 atom stereocenters. The fraction of sp³-hybridized carbons (Fsp3) is 0.125. The predicted octanol–water partition coefficient (Wildman–Crippen LogP) is 4.83. The van der Waals surface area contributed by atoms with Crippen molar-refractivity contribution in [2.75, 3.05) is 0 Å². The van der Waals surface area contributed by atoms with E-state index in [0.717, 1.165) is 25.5 Å². The van der Waals surface area contributed by atoms with Crippen LogP contribution < -0.4 is 4.74 Å². The molecule has 1 aromatic heterocycles. The van der Waals surface area contributed by atoms with E-state index in [1.165, 1.54) is 0 Å². The number of nitriles is 2. The minimum Gasteiger partial charge on any atom is -0.489 e. The number of benzene rings is 1. The number of rotatable bonds is 4. The number of hydrogen-bond acceptors (Lipinski definition) is 4. The van der Waals surface area contributed by atoms with Crippen LogP contribution in [0.2, 0.25) is 0 Å². The maximum Gasteiger partial charge on any atom is 0.131 e. The van der Waals surface area contributed by atoms with E-state index in [4.69, 9.17) is 15.3 Å². The highest BCUT2D eigenvalue weighted by Gasteiger charge is 2.06. The third-order valence-corrected chi connectivity index (χ3v) is 4.34. The van der Waals surface area contributed by atoms with Gasteiger partial charge in [-0.25, -0.2) is 0 Å². The maximum absolute atomic E-state index is 8.77. The summed E-state index contributed by atoms with van der Waals surface area (Å²) in [5, 5.41) is 17.5. The minimum absolute atomic E-state index is 0.108. The van der Waals surface area contributed by atoms with Crippen LogP contribution >= 0.6 is 27.3 Å². The van der Waals surface area contributed by atoms with Crippen LogP contribution in [0.4, 0.5) is 0 Å². The molecule has 0 radical (unpaired) electrons. The van der Waals surface area contributed by atoms with Gasteiger partial charge in [-0.05, 0) is 43.3 Å². The molecule has 1 aromatic carbocycles. The number of halogens is 1. The molecule has 0 saturated heterocycles. The minimum atomic E-state index is 0.108. The molecule has 0 fully saturated rings. The molecule has 0 amide bonds. The molecule has 3 nitrogen and oxygen atoms in total. The number of aryl methyl sites for hydroxylation is 1. The van der Waals surface area contributed by atoms with E-state index in [1.807, 2.05) is 49.4 Å². The molecule has 0 bridgehead atoms. The average Bonchev–Trinajstić information content (AvgIpc) is 2.84. The highest BCUT2D eigenvalue weighted by molar-refractivity contribution is 9.10. The summed E-state index contributed by atoms with van der Waals surface area (Å²) in [6, 6.07) is 13.3. The quantitative estimate of drug-likeness (QED) is 0.735. The van der Waals surface area contributed by atoms with Gasteiger partial charge in [-0.2, -0.15) is 10.5 Å². The monoisotopic (exact) mass is 358 g/mol. The summed E-state index contributed by atoms with van der Waals surface area (Å²) < 4.78 is 6.74. The third-order valence-electron chi connectivity index (χ3n) is 2.78. The van der Waals surface area contributed by atoms with Gasteiger partial charge in [0, 0.05) is 19.8 Å². The van der Waals surface area contributed by atoms with Crippen LogP contribution in [0.1, 0.15) is 15.3 Å². The highest BCUT2D eigenvalue weighted by Crippen LogP contribution is 2.25. The Labute approximate surface area is 135 Å². The number of allylic oxidation sites excluding steroid dienone is 1. The lowest BCUT2D eigenvalue weighted by atomic mass is 10.2. The topological polar surface area (TPSA) is 56.8 Å². The molecular formula is C16H11BrN2OS. The van der Waals surface area contributed by atoms with Crippen LogP contribution in [-0.4, -0.2) is 0 Å². The number of ether oxygens (including phenoxy) is 1. The maximum atomic E-state index is 8.77. The highest BCUT2D eigenvalue weighted by atomic mass is 79.9. The van der Waals surface area contributed by atoms with Crippen molar-refractivity contribution in [1.82, 2.24) is 0 Å². The Balaban J connectivity index is 2.10. The molecule has 1 heterocycles. The number of thiophene rings is 1. The van der Waals surface area contributed by atoms with Crippen LogP contribution in [0.15, 0.2) is 40.4 Å². The Bertz CT molecular complexity index is 732. The molecule has 104 valence electrons. The van der Waals surface area contributed by atoms with Gasteiger partial charge in [0.05, 0.1) is 0 Å². The molecule has 2 rings (SSSR count). The molecule has 0 aliphatic heterocycles. The van der Waals surface area contributed by atoms with E-state index in [-0.39, 0.29) is 5.57 Å². The zero-order valence-corrected chi connectivity index (χ0v) is 13.7. The summed E-state index contributed by atoms with van der Waals surface area (Å²) in [6.45, 7) is 2.47. The fourth-order valence-electron chi connectivity index (χ4n) is 1.68. The van der Waals surface area contributed by atoms with E-state index in [2.05, 4.69) is 15.9 Å². The molecule has 0 unspecified atom stereocenters. The van der Waals surface area contributed by atoms with Crippen molar-refractivity contribution in [2.24, 2.45) is 0 Å². The van der Waals surface area contributed by atoms with E-state index in [0.29, 0.717) is 6.61 Å². The molecule has 21 heavy (non-hydrogen) atoms. The standard InChI is InChI=1S/C16H11BrN2OS/c1-11-13(7-16(21-11)6-12(8-18)9-19)10-20-15-4-2-14(17)3-5-15/h2-7H,10H2,1H3. The summed E-state index contributed by atoms with van der Waals surface area (Å²) in [5.74, 6) is 0.802. The van der Waals surface area contributed by atoms with Gasteiger partial charge in [0.15, 0.2) is 0 Å². The van der Waals surface area contributed by atoms with E-state index >= 15 is 0 Å². The lowest BCUT2D eigenvalue weighted by molar-refractivity contribution is 0.306. The Hall–Kier alpha value is -2.08. The molecule has 0 saturated carbocycles. The van der Waals surface area contributed by atoms with E-state index < -0.39 is 0 Å². The average molecular weight is 359 g/mol. The second-order valence-corrected chi connectivity index (χ2v) is 6.46. The van der Waals surface area contributed by atoms with E-state index in [9.17, 15) is 0 Å². The first kappa shape index (κ1) is 15.3. The van der Waals surface area contributed by atoms with Gasteiger partial charge in [0.1, 0.15) is 30.1 Å². The van der Waals surface area contributed by atoms with Crippen LogP contribution in [-0.2, 0) is 6.61 Å². The van der Waals surface area contributed by atoms with E-state index in [1.54, 1.807) is 17.4 Å². The van der Waals surface area contributed by atoms with Crippen molar-refractivity contribution < 1.29 is 4.74 Å². The first-order chi connectivity index (χ1) is 10.1. The van der Waals surface area contributed by atoms with Crippen LogP contribution in [0.25, 0.3) is 6.08 Å². The van der Waals surface area contributed by atoms with Crippen LogP contribution in [0.3, 0.4) is 0 Å². The van der Waals surface area contributed by atoms with Crippen molar-refractivity contribution in [3.63, 3.8) is 0 Å². The summed E-state index contributed by atoms with van der Waals surface area (Å²) in [4.78, 5) is 2.01. The molecule has 0 spiro atoms. The predicted molar refractivity (Wildman–Crippen MR) is 86.7 cm³/mol. The summed E-state index contributed by atoms with van der Waals surface area (Å²) >= 11 is 4.92. The van der Waals surface area contributed by atoms with Gasteiger partial charge >= 0.3 is 0 Å². The van der Waals surface area contributed by atoms with Crippen molar-refractivity contribution in [1.29, 1.82) is 10.5 Å². The number of hydrogen-bond donors (Lipinski definition) is 0. The first-order valence-electron chi connectivity index (χ1n) is 6.12. The van der Waals surface area contributed by atoms with Gasteiger partial charge in [0.25, 0.3) is 0 Å². The Morgan fingerprint density at radius 1 is 1.29 bits per heavy atom. The zero-order valence-electron chi connectivity index (χ0n) is 11.3. The van der Waals surface area contributed by atoms with Crippen LogP contribution in [0, 0.1) is 29.6 Å². The molecule has 0 aliphatic carbocycles. The van der Waals surface area contributed by atoms with Crippen molar-refractivity contribution in [3.8, 4) is 17.9 Å². The second-order valence-electron chi connectivity index (χ2n) is 4.25. The van der Waals surface area contributed by atoms with Gasteiger partial charge in [0.2, 0.25) is 0 Å².